The number of hydrogen-bond acceptors (Lipinski definition) is 4. The van der Waals surface area contributed by atoms with Crippen LogP contribution in [0.15, 0.2) is 54.6 Å². The summed E-state index contributed by atoms with van der Waals surface area (Å²) >= 11 is -1.23. The molecule has 0 radical (unpaired) electrons. The number of para-hydroxylation sites is 1. The summed E-state index contributed by atoms with van der Waals surface area (Å²) < 4.78 is 12.0. The summed E-state index contributed by atoms with van der Waals surface area (Å²) in [7, 11) is 15.3. The van der Waals surface area contributed by atoms with Crippen molar-refractivity contribution < 1.29 is 16.6 Å². The number of nitrogens with zero attached hydrogens (tertiary/aromatic N) is 2. The van der Waals surface area contributed by atoms with E-state index in [-0.39, 0.29) is 6.10 Å². The molecule has 0 atom stereocenters. The van der Waals surface area contributed by atoms with Gasteiger partial charge in [0.15, 0.2) is 0 Å². The summed E-state index contributed by atoms with van der Waals surface area (Å²) in [4.78, 5) is 2.19. The number of likely N-dealkylation sites (N-methyl/N-ethyl adjacent to an activating group) is 1. The fourth-order valence-corrected chi connectivity index (χ4v) is 7.45. The van der Waals surface area contributed by atoms with Gasteiger partial charge in [0, 0.05) is 0 Å². The first-order valence-corrected chi connectivity index (χ1v) is 16.9. The Balaban J connectivity index is 0.000000313. The van der Waals surface area contributed by atoms with E-state index in [9.17, 15) is 0 Å². The molecule has 162 valence electrons. The Bertz CT molecular complexity index is 875. The Morgan fingerprint density at radius 2 is 1.69 bits per heavy atom. The molecule has 0 spiro atoms. The zero-order valence-electron chi connectivity index (χ0n) is 17.2. The molecular formula is C22H29Cl2N2ORuS-. The first-order chi connectivity index (χ1) is 13.8. The molecule has 7 heteroatoms. The molecule has 1 heterocycles. The van der Waals surface area contributed by atoms with Crippen LogP contribution >= 0.6 is 31.3 Å². The van der Waals surface area contributed by atoms with Gasteiger partial charge >= 0.3 is 137 Å². The molecule has 1 saturated heterocycles. The van der Waals surface area contributed by atoms with Crippen molar-refractivity contribution in [2.24, 2.45) is 0 Å². The molecule has 2 aromatic carbocycles. The number of ether oxygens (including phenoxy) is 1. The zero-order valence-corrected chi connectivity index (χ0v) is 21.3. The predicted octanol–water partition coefficient (Wildman–Crippen LogP) is 5.57. The molecule has 29 heavy (non-hydrogen) atoms. The van der Waals surface area contributed by atoms with Crippen LogP contribution in [0.5, 0.6) is 5.75 Å². The maximum absolute atomic E-state index is 6.58. The van der Waals surface area contributed by atoms with E-state index in [1.165, 1.54) is 6.54 Å². The van der Waals surface area contributed by atoms with E-state index in [0.29, 0.717) is 0 Å². The van der Waals surface area contributed by atoms with Gasteiger partial charge in [-0.25, -0.2) is 0 Å². The number of rotatable bonds is 5. The van der Waals surface area contributed by atoms with Crippen LogP contribution in [-0.4, -0.2) is 50.9 Å². The second-order valence-corrected chi connectivity index (χ2v) is 16.9. The van der Waals surface area contributed by atoms with E-state index in [1.54, 1.807) is 11.9 Å². The Morgan fingerprint density at radius 3 is 2.24 bits per heavy atom. The number of benzene rings is 2. The van der Waals surface area contributed by atoms with Crippen molar-refractivity contribution in [3.05, 3.63) is 72.4 Å². The van der Waals surface area contributed by atoms with E-state index >= 15 is 0 Å². The van der Waals surface area contributed by atoms with Crippen LogP contribution in [-0.2, 0) is 11.9 Å². The van der Waals surface area contributed by atoms with Crippen molar-refractivity contribution in [1.82, 2.24) is 9.21 Å². The summed E-state index contributed by atoms with van der Waals surface area (Å²) in [5, 5.41) is 0. The molecule has 0 N–H and O–H groups in total. The maximum Gasteiger partial charge on any atom is -0.00595 e. The van der Waals surface area contributed by atoms with Crippen LogP contribution in [0.3, 0.4) is 0 Å². The molecular weight excluding hydrogens is 512 g/mol. The maximum atomic E-state index is 6.58. The summed E-state index contributed by atoms with van der Waals surface area (Å²) in [5.41, 5.74) is 2.00. The Kier molecular flexibility index (Phi) is 10.5. The number of halogens is 2. The summed E-state index contributed by atoms with van der Waals surface area (Å²) in [6.07, 6.45) is 2.21. The summed E-state index contributed by atoms with van der Waals surface area (Å²) in [6, 6.07) is 17.8. The molecule has 0 unspecified atom stereocenters. The largest absolute Gasteiger partial charge is 0.443 e. The van der Waals surface area contributed by atoms with Crippen molar-refractivity contribution in [3.8, 4) is 5.75 Å². The molecule has 3 nitrogen and oxygen atoms in total. The third-order valence-corrected chi connectivity index (χ3v) is 8.84. The van der Waals surface area contributed by atoms with Gasteiger partial charge in [-0.3, -0.25) is 0 Å². The molecule has 1 aliphatic rings. The van der Waals surface area contributed by atoms with Crippen LogP contribution in [0.25, 0.3) is 0 Å². The SMILES string of the molecule is CC(C)Oc1ccccc1[CH]=[Ru]([Cl])([Cl])=[CH]c1ccccc1.CSN1[CH-]N(C)CC1. The first-order valence-electron chi connectivity index (χ1n) is 9.27. The van der Waals surface area contributed by atoms with Crippen molar-refractivity contribution in [1.29, 1.82) is 0 Å². The van der Waals surface area contributed by atoms with Crippen LogP contribution < -0.4 is 4.74 Å². The second kappa shape index (κ2) is 12.3. The minimum atomic E-state index is -3.00. The van der Waals surface area contributed by atoms with Crippen molar-refractivity contribution >= 4 is 40.5 Å². The average molecular weight is 542 g/mol. The summed E-state index contributed by atoms with van der Waals surface area (Å²) in [5.74, 6) is 0.820. The molecule has 3 rings (SSSR count). The molecule has 0 aliphatic carbocycles. The number of hydrogen-bond donors (Lipinski definition) is 0. The standard InChI is InChI=1S/C10H12O.C7H6.C5H11N2S.2ClH.Ru/c1-8(2)11-10-7-5-4-6-9(10)3;1-7-5-3-2-4-6-7;1-6-3-4-7(5-6)8-2;;;/h3-8H,1-2H3;1-6H;5H,3-4H2,1-2H3;2*1H;/q;;-1;;;+2/p-2. The average Bonchev–Trinajstić information content (AvgIpc) is 3.09. The first kappa shape index (κ1) is 24.7. The molecule has 0 saturated carbocycles. The fourth-order valence-electron chi connectivity index (χ4n) is 2.51. The fraction of sp³-hybridized carbons (Fsp3) is 0.318. The topological polar surface area (TPSA) is 15.7 Å². The van der Waals surface area contributed by atoms with Gasteiger partial charge in [0.1, 0.15) is 0 Å². The van der Waals surface area contributed by atoms with E-state index in [4.69, 9.17) is 24.1 Å². The van der Waals surface area contributed by atoms with Gasteiger partial charge in [-0.05, 0) is 26.4 Å². The summed E-state index contributed by atoms with van der Waals surface area (Å²) in [6.45, 7) is 8.46. The monoisotopic (exact) mass is 541 g/mol. The Labute approximate surface area is 190 Å². The Hall–Kier alpha value is -0.547. The Morgan fingerprint density at radius 1 is 1.03 bits per heavy atom. The molecule has 0 amide bonds. The molecule has 0 aromatic heterocycles. The molecule has 1 aliphatic heterocycles. The van der Waals surface area contributed by atoms with Gasteiger partial charge in [0.2, 0.25) is 0 Å². The van der Waals surface area contributed by atoms with Gasteiger partial charge in [-0.2, -0.15) is 6.67 Å². The van der Waals surface area contributed by atoms with E-state index in [0.717, 1.165) is 23.4 Å². The minimum Gasteiger partial charge on any atom is -0.443 e. The van der Waals surface area contributed by atoms with Crippen LogP contribution in [0.4, 0.5) is 0 Å². The smallest absolute Gasteiger partial charge is 0.00595 e. The second-order valence-electron chi connectivity index (χ2n) is 6.72. The van der Waals surface area contributed by atoms with Gasteiger partial charge in [-0.15, -0.1) is 11.9 Å². The van der Waals surface area contributed by atoms with Gasteiger partial charge < -0.3 is 9.21 Å². The third kappa shape index (κ3) is 9.42. The normalized spacial score (nSPS) is 15.6. The third-order valence-electron chi connectivity index (χ3n) is 3.81. The minimum absolute atomic E-state index is 0.114. The molecule has 1 fully saturated rings. The van der Waals surface area contributed by atoms with E-state index < -0.39 is 11.9 Å². The molecule has 2 aromatic rings. The quantitative estimate of drug-likeness (QED) is 0.280. The van der Waals surface area contributed by atoms with E-state index in [2.05, 4.69) is 29.2 Å². The van der Waals surface area contributed by atoms with Crippen LogP contribution in [0.2, 0.25) is 0 Å². The van der Waals surface area contributed by atoms with Gasteiger partial charge in [0.05, 0.1) is 0 Å². The van der Waals surface area contributed by atoms with Crippen molar-refractivity contribution in [2.45, 2.75) is 20.0 Å². The van der Waals surface area contributed by atoms with Crippen molar-refractivity contribution in [3.63, 3.8) is 0 Å². The van der Waals surface area contributed by atoms with Gasteiger partial charge in [0.25, 0.3) is 0 Å². The van der Waals surface area contributed by atoms with Crippen LogP contribution in [0.1, 0.15) is 25.0 Å². The van der Waals surface area contributed by atoms with Crippen molar-refractivity contribution in [2.75, 3.05) is 26.4 Å². The zero-order chi connectivity index (χ0) is 21.3. The van der Waals surface area contributed by atoms with E-state index in [1.807, 2.05) is 77.7 Å². The molecule has 0 bridgehead atoms. The predicted molar refractivity (Wildman–Crippen MR) is 128 cm³/mol. The van der Waals surface area contributed by atoms with Gasteiger partial charge in [-0.1, -0.05) is 0 Å². The van der Waals surface area contributed by atoms with Crippen LogP contribution in [0, 0.1) is 6.67 Å².